The largest absolute Gasteiger partial charge is 0.465 e. The number of rotatable bonds is 1. The highest BCUT2D eigenvalue weighted by atomic mass is 35.5. The van der Waals surface area contributed by atoms with E-state index >= 15 is 0 Å². The third-order valence-corrected chi connectivity index (χ3v) is 0.869. The SMILES string of the molecule is Cl.OCC1=CC=NC=CO1. The first kappa shape index (κ1) is 9.20. The molecule has 1 rings (SSSR count). The van der Waals surface area contributed by atoms with Crippen molar-refractivity contribution in [1.82, 2.24) is 0 Å². The second-order valence-electron chi connectivity index (χ2n) is 1.49. The molecule has 3 nitrogen and oxygen atoms in total. The first-order valence-electron chi connectivity index (χ1n) is 2.58. The number of aliphatic hydroxyl groups is 1. The lowest BCUT2D eigenvalue weighted by molar-refractivity contribution is 0.236. The minimum atomic E-state index is -0.0869. The maximum absolute atomic E-state index is 8.53. The van der Waals surface area contributed by atoms with Crippen LogP contribution >= 0.6 is 12.4 Å². The summed E-state index contributed by atoms with van der Waals surface area (Å²) in [6.45, 7) is -0.0869. The summed E-state index contributed by atoms with van der Waals surface area (Å²) in [5, 5.41) is 8.53. The summed E-state index contributed by atoms with van der Waals surface area (Å²) in [7, 11) is 0. The van der Waals surface area contributed by atoms with Gasteiger partial charge in [0.05, 0.1) is 6.20 Å². The average Bonchev–Trinajstić information content (AvgIpc) is 2.13. The molecule has 0 radical (unpaired) electrons. The van der Waals surface area contributed by atoms with E-state index in [0.717, 1.165) is 0 Å². The standard InChI is InChI=1S/C6H7NO2.ClH/c8-5-6-1-2-7-3-4-9-6;/h1-4,8H,5H2;1H. The first-order valence-corrected chi connectivity index (χ1v) is 2.58. The zero-order valence-corrected chi connectivity index (χ0v) is 6.04. The van der Waals surface area contributed by atoms with Crippen LogP contribution in [-0.4, -0.2) is 17.9 Å². The molecule has 10 heavy (non-hydrogen) atoms. The van der Waals surface area contributed by atoms with Crippen LogP contribution in [0.3, 0.4) is 0 Å². The molecule has 0 fully saturated rings. The van der Waals surface area contributed by atoms with Crippen LogP contribution in [0.2, 0.25) is 0 Å². The van der Waals surface area contributed by atoms with E-state index in [1.165, 1.54) is 12.5 Å². The van der Waals surface area contributed by atoms with E-state index in [0.29, 0.717) is 5.76 Å². The molecule has 1 aliphatic heterocycles. The molecule has 0 bridgehead atoms. The quantitative estimate of drug-likeness (QED) is 0.620. The Labute approximate surface area is 65.1 Å². The summed E-state index contributed by atoms with van der Waals surface area (Å²) in [5.41, 5.74) is 0. The topological polar surface area (TPSA) is 41.8 Å². The number of halogens is 1. The third-order valence-electron chi connectivity index (χ3n) is 0.869. The first-order chi connectivity index (χ1) is 4.43. The number of nitrogens with zero attached hydrogens (tertiary/aromatic N) is 1. The van der Waals surface area contributed by atoms with Gasteiger partial charge < -0.3 is 9.84 Å². The molecule has 0 spiro atoms. The van der Waals surface area contributed by atoms with Crippen molar-refractivity contribution >= 4 is 18.6 Å². The highest BCUT2D eigenvalue weighted by Crippen LogP contribution is 1.97. The van der Waals surface area contributed by atoms with E-state index in [4.69, 9.17) is 9.84 Å². The van der Waals surface area contributed by atoms with Crippen molar-refractivity contribution in [2.24, 2.45) is 4.99 Å². The lowest BCUT2D eigenvalue weighted by Crippen LogP contribution is -1.90. The van der Waals surface area contributed by atoms with E-state index in [1.54, 1.807) is 12.3 Å². The van der Waals surface area contributed by atoms with Crippen LogP contribution in [0.15, 0.2) is 29.3 Å². The second-order valence-corrected chi connectivity index (χ2v) is 1.49. The Kier molecular flexibility index (Phi) is 4.62. The average molecular weight is 162 g/mol. The van der Waals surface area contributed by atoms with Crippen LogP contribution in [0, 0.1) is 0 Å². The van der Waals surface area contributed by atoms with Crippen LogP contribution in [0.1, 0.15) is 0 Å². The summed E-state index contributed by atoms with van der Waals surface area (Å²) in [5.74, 6) is 0.507. The number of allylic oxidation sites excluding steroid dienone is 1. The molecule has 0 aliphatic carbocycles. The summed E-state index contributed by atoms with van der Waals surface area (Å²) >= 11 is 0. The molecule has 0 aromatic carbocycles. The van der Waals surface area contributed by atoms with Gasteiger partial charge in [-0.1, -0.05) is 0 Å². The fourth-order valence-electron chi connectivity index (χ4n) is 0.458. The fourth-order valence-corrected chi connectivity index (χ4v) is 0.458. The van der Waals surface area contributed by atoms with Crippen molar-refractivity contribution in [3.8, 4) is 0 Å². The molecular formula is C6H8ClNO2. The van der Waals surface area contributed by atoms with Gasteiger partial charge in [0.25, 0.3) is 0 Å². The van der Waals surface area contributed by atoms with Crippen molar-refractivity contribution in [1.29, 1.82) is 0 Å². The Balaban J connectivity index is 0.000000810. The van der Waals surface area contributed by atoms with E-state index < -0.39 is 0 Å². The predicted octanol–water partition coefficient (Wildman–Crippen LogP) is 0.857. The Morgan fingerprint density at radius 1 is 1.60 bits per heavy atom. The molecule has 0 atom stereocenters. The van der Waals surface area contributed by atoms with Crippen molar-refractivity contribution in [3.05, 3.63) is 24.3 Å². The summed E-state index contributed by atoms with van der Waals surface area (Å²) < 4.78 is 4.86. The van der Waals surface area contributed by atoms with Gasteiger partial charge in [0.1, 0.15) is 18.6 Å². The van der Waals surface area contributed by atoms with Gasteiger partial charge in [0.15, 0.2) is 0 Å². The number of aliphatic imine (C=N–C) groups is 1. The van der Waals surface area contributed by atoms with E-state index in [2.05, 4.69) is 4.99 Å². The van der Waals surface area contributed by atoms with E-state index in [-0.39, 0.29) is 19.0 Å². The number of ether oxygens (including phenoxy) is 1. The summed E-state index contributed by atoms with van der Waals surface area (Å²) in [6.07, 6.45) is 6.11. The normalized spacial score (nSPS) is 14.7. The van der Waals surface area contributed by atoms with Crippen LogP contribution < -0.4 is 0 Å². The van der Waals surface area contributed by atoms with Gasteiger partial charge in [-0.05, 0) is 6.08 Å². The highest BCUT2D eigenvalue weighted by molar-refractivity contribution is 5.85. The van der Waals surface area contributed by atoms with Gasteiger partial charge in [-0.25, -0.2) is 0 Å². The number of hydrogen-bond donors (Lipinski definition) is 1. The minimum Gasteiger partial charge on any atom is -0.465 e. The maximum atomic E-state index is 8.53. The zero-order chi connectivity index (χ0) is 6.53. The molecule has 0 saturated carbocycles. The smallest absolute Gasteiger partial charge is 0.130 e. The van der Waals surface area contributed by atoms with Crippen molar-refractivity contribution in [2.75, 3.05) is 6.61 Å². The second kappa shape index (κ2) is 5.02. The molecule has 0 aromatic heterocycles. The number of aliphatic hydroxyl groups excluding tert-OH is 1. The van der Waals surface area contributed by atoms with Crippen molar-refractivity contribution in [3.63, 3.8) is 0 Å². The van der Waals surface area contributed by atoms with Gasteiger partial charge in [0, 0.05) is 6.21 Å². The van der Waals surface area contributed by atoms with E-state index in [1.807, 2.05) is 0 Å². The van der Waals surface area contributed by atoms with Crippen LogP contribution in [0.5, 0.6) is 0 Å². The molecule has 0 aromatic rings. The minimum absolute atomic E-state index is 0. The van der Waals surface area contributed by atoms with Gasteiger partial charge >= 0.3 is 0 Å². The molecule has 1 aliphatic rings. The molecule has 56 valence electrons. The predicted molar refractivity (Wildman–Crippen MR) is 41.1 cm³/mol. The lowest BCUT2D eigenvalue weighted by atomic mass is 10.5. The molecule has 0 amide bonds. The van der Waals surface area contributed by atoms with E-state index in [9.17, 15) is 0 Å². The summed E-state index contributed by atoms with van der Waals surface area (Å²) in [4.78, 5) is 3.75. The molecule has 0 saturated heterocycles. The van der Waals surface area contributed by atoms with Crippen molar-refractivity contribution < 1.29 is 9.84 Å². The molecule has 1 heterocycles. The Hall–Kier alpha value is -0.800. The fraction of sp³-hybridized carbons (Fsp3) is 0.167. The van der Waals surface area contributed by atoms with Crippen molar-refractivity contribution in [2.45, 2.75) is 0 Å². The molecule has 0 unspecified atom stereocenters. The van der Waals surface area contributed by atoms with Crippen LogP contribution in [0.4, 0.5) is 0 Å². The van der Waals surface area contributed by atoms with Gasteiger partial charge in [-0.2, -0.15) is 0 Å². The third kappa shape index (κ3) is 2.66. The zero-order valence-electron chi connectivity index (χ0n) is 5.23. The molecule has 1 N–H and O–H groups in total. The Morgan fingerprint density at radius 2 is 2.40 bits per heavy atom. The molecule has 4 heteroatoms. The highest BCUT2D eigenvalue weighted by Gasteiger charge is 1.91. The van der Waals surface area contributed by atoms with Gasteiger partial charge in [0.2, 0.25) is 0 Å². The maximum Gasteiger partial charge on any atom is 0.130 e. The Morgan fingerprint density at radius 3 is 3.10 bits per heavy atom. The summed E-state index contributed by atoms with van der Waals surface area (Å²) in [6, 6.07) is 0. The lowest BCUT2D eigenvalue weighted by Gasteiger charge is -1.96. The number of hydrogen-bond acceptors (Lipinski definition) is 3. The van der Waals surface area contributed by atoms with Crippen LogP contribution in [-0.2, 0) is 4.74 Å². The van der Waals surface area contributed by atoms with Gasteiger partial charge in [-0.3, -0.25) is 4.99 Å². The van der Waals surface area contributed by atoms with Gasteiger partial charge in [-0.15, -0.1) is 12.4 Å². The Bertz CT molecular complexity index is 175. The monoisotopic (exact) mass is 161 g/mol. The van der Waals surface area contributed by atoms with Crippen LogP contribution in [0.25, 0.3) is 0 Å². The molecular weight excluding hydrogens is 154 g/mol.